The van der Waals surface area contributed by atoms with Gasteiger partial charge in [0.25, 0.3) is 0 Å². The minimum Gasteiger partial charge on any atom is -0.510 e. The zero-order valence-electron chi connectivity index (χ0n) is 11.8. The van der Waals surface area contributed by atoms with E-state index in [1.165, 1.54) is 43.9 Å². The Bertz CT molecular complexity index is 387. The Hall–Kier alpha value is -1.27. The van der Waals surface area contributed by atoms with E-state index >= 15 is 0 Å². The molecule has 0 bridgehead atoms. The lowest BCUT2D eigenvalue weighted by Gasteiger charge is -2.09. The predicted octanol–water partition coefficient (Wildman–Crippen LogP) is 2.91. The summed E-state index contributed by atoms with van der Waals surface area (Å²) in [5.41, 5.74) is 0. The molecule has 0 unspecified atom stereocenters. The fourth-order valence-corrected chi connectivity index (χ4v) is 1.85. The molecule has 1 aromatic rings. The van der Waals surface area contributed by atoms with Gasteiger partial charge in [0.2, 0.25) is 0 Å². The maximum atomic E-state index is 13.5. The molecule has 112 valence electrons. The molecule has 0 aliphatic heterocycles. The summed E-state index contributed by atoms with van der Waals surface area (Å²) in [6, 6.07) is 4.03. The van der Waals surface area contributed by atoms with Crippen molar-refractivity contribution in [1.29, 1.82) is 0 Å². The maximum Gasteiger partial charge on any atom is 0.707 e. The lowest BCUT2D eigenvalue weighted by atomic mass is 10.1. The van der Waals surface area contributed by atoms with Gasteiger partial charge in [0, 0.05) is 6.07 Å². The molecule has 0 radical (unpaired) electrons. The Morgan fingerprint density at radius 2 is 1.80 bits per heavy atom. The van der Waals surface area contributed by atoms with Crippen molar-refractivity contribution in [3.05, 3.63) is 24.0 Å². The molecule has 0 fully saturated rings. The minimum atomic E-state index is -2.03. The van der Waals surface area contributed by atoms with E-state index in [4.69, 9.17) is 14.8 Å². The summed E-state index contributed by atoms with van der Waals surface area (Å²) in [6.07, 6.45) is 7.00. The fourth-order valence-electron chi connectivity index (χ4n) is 1.85. The molecule has 0 saturated carbocycles. The van der Waals surface area contributed by atoms with Crippen molar-refractivity contribution in [3.63, 3.8) is 0 Å². The number of hydrogen-bond donors (Lipinski definition) is 2. The first-order valence-corrected chi connectivity index (χ1v) is 7.08. The van der Waals surface area contributed by atoms with E-state index in [9.17, 15) is 4.39 Å². The topological polar surface area (TPSA) is 58.9 Å². The molecule has 1 rings (SSSR count). The van der Waals surface area contributed by atoms with Gasteiger partial charge < -0.3 is 19.4 Å². The summed E-state index contributed by atoms with van der Waals surface area (Å²) < 4.78 is 23.4. The van der Waals surface area contributed by atoms with Crippen LogP contribution in [0.3, 0.4) is 0 Å². The van der Waals surface area contributed by atoms with E-state index in [-0.39, 0.29) is 5.75 Å². The van der Waals surface area contributed by atoms with Gasteiger partial charge in [-0.1, -0.05) is 39.0 Å². The molecular formula is C14H22BFO4. The Balaban J connectivity index is 2.25. The number of benzene rings is 1. The van der Waals surface area contributed by atoms with Gasteiger partial charge >= 0.3 is 7.32 Å². The highest BCUT2D eigenvalue weighted by molar-refractivity contribution is 6.33. The van der Waals surface area contributed by atoms with E-state index in [0.717, 1.165) is 12.8 Å². The van der Waals surface area contributed by atoms with E-state index in [2.05, 4.69) is 11.6 Å². The van der Waals surface area contributed by atoms with Crippen molar-refractivity contribution < 1.29 is 23.8 Å². The summed E-state index contributed by atoms with van der Waals surface area (Å²) in [7, 11) is -2.03. The Labute approximate surface area is 119 Å². The molecule has 6 heteroatoms. The predicted molar refractivity (Wildman–Crippen MR) is 76.1 cm³/mol. The lowest BCUT2D eigenvalue weighted by molar-refractivity contribution is 0.279. The number of rotatable bonds is 10. The normalized spacial score (nSPS) is 10.4. The van der Waals surface area contributed by atoms with Crippen molar-refractivity contribution in [1.82, 2.24) is 0 Å². The van der Waals surface area contributed by atoms with Gasteiger partial charge in [-0.2, -0.15) is 0 Å². The highest BCUT2D eigenvalue weighted by Crippen LogP contribution is 2.23. The summed E-state index contributed by atoms with van der Waals surface area (Å²) in [5, 5.41) is 17.2. The standard InChI is InChI=1S/C14H22BFO4/c1-2-3-4-5-6-7-10-19-12-8-9-14(13(16)11-12)20-15(17)18/h8-9,11,17-18H,2-7,10H2,1H3. The van der Waals surface area contributed by atoms with Crippen LogP contribution in [0.5, 0.6) is 11.5 Å². The maximum absolute atomic E-state index is 13.5. The molecule has 0 spiro atoms. The molecule has 0 aliphatic carbocycles. The van der Waals surface area contributed by atoms with Crippen LogP contribution in [0.1, 0.15) is 45.4 Å². The van der Waals surface area contributed by atoms with Gasteiger partial charge in [-0.05, 0) is 18.6 Å². The van der Waals surface area contributed by atoms with Crippen molar-refractivity contribution in [3.8, 4) is 11.5 Å². The third kappa shape index (κ3) is 6.77. The van der Waals surface area contributed by atoms with Crippen LogP contribution in [0.25, 0.3) is 0 Å². The van der Waals surface area contributed by atoms with Gasteiger partial charge in [0.05, 0.1) is 6.61 Å². The highest BCUT2D eigenvalue weighted by Gasteiger charge is 2.14. The largest absolute Gasteiger partial charge is 0.707 e. The first-order chi connectivity index (χ1) is 9.63. The summed E-state index contributed by atoms with van der Waals surface area (Å²) in [6.45, 7) is 2.73. The zero-order chi connectivity index (χ0) is 14.8. The lowest BCUT2D eigenvalue weighted by Crippen LogP contribution is -2.21. The number of unbranched alkanes of at least 4 members (excludes halogenated alkanes) is 5. The van der Waals surface area contributed by atoms with Crippen LogP contribution in [0.4, 0.5) is 4.39 Å². The van der Waals surface area contributed by atoms with E-state index in [0.29, 0.717) is 12.4 Å². The molecule has 4 nitrogen and oxygen atoms in total. The smallest absolute Gasteiger partial charge is 0.510 e. The first-order valence-electron chi connectivity index (χ1n) is 7.08. The zero-order valence-corrected chi connectivity index (χ0v) is 11.8. The van der Waals surface area contributed by atoms with Crippen LogP contribution >= 0.6 is 0 Å². The van der Waals surface area contributed by atoms with E-state index in [1.807, 2.05) is 0 Å². The van der Waals surface area contributed by atoms with Crippen LogP contribution in [-0.2, 0) is 0 Å². The second-order valence-corrected chi connectivity index (χ2v) is 4.65. The van der Waals surface area contributed by atoms with Crippen LogP contribution < -0.4 is 9.39 Å². The fraction of sp³-hybridized carbons (Fsp3) is 0.571. The van der Waals surface area contributed by atoms with Gasteiger partial charge in [0.1, 0.15) is 11.5 Å². The van der Waals surface area contributed by atoms with Crippen molar-refractivity contribution in [2.75, 3.05) is 6.61 Å². The second kappa shape index (κ2) is 9.61. The highest BCUT2D eigenvalue weighted by atomic mass is 19.1. The second-order valence-electron chi connectivity index (χ2n) is 4.65. The molecule has 0 amide bonds. The summed E-state index contributed by atoms with van der Waals surface area (Å²) >= 11 is 0. The summed E-state index contributed by atoms with van der Waals surface area (Å²) in [4.78, 5) is 0. The molecule has 1 aromatic carbocycles. The van der Waals surface area contributed by atoms with E-state index in [1.54, 1.807) is 0 Å². The van der Waals surface area contributed by atoms with Crippen LogP contribution in [0.2, 0.25) is 0 Å². The molecule has 0 aliphatic rings. The minimum absolute atomic E-state index is 0.216. The van der Waals surface area contributed by atoms with Gasteiger partial charge in [-0.15, -0.1) is 0 Å². The average Bonchev–Trinajstić information content (AvgIpc) is 2.40. The first kappa shape index (κ1) is 16.8. The van der Waals surface area contributed by atoms with Crippen molar-refractivity contribution in [2.45, 2.75) is 45.4 Å². The third-order valence-electron chi connectivity index (χ3n) is 2.90. The quantitative estimate of drug-likeness (QED) is 0.512. The summed E-state index contributed by atoms with van der Waals surface area (Å²) in [5.74, 6) is -0.485. The van der Waals surface area contributed by atoms with Crippen molar-refractivity contribution in [2.24, 2.45) is 0 Å². The van der Waals surface area contributed by atoms with Gasteiger partial charge in [-0.25, -0.2) is 4.39 Å². The molecule has 0 aromatic heterocycles. The Morgan fingerprint density at radius 3 is 2.45 bits per heavy atom. The average molecular weight is 284 g/mol. The molecule has 2 N–H and O–H groups in total. The van der Waals surface area contributed by atoms with Gasteiger partial charge in [0.15, 0.2) is 5.82 Å². The van der Waals surface area contributed by atoms with Crippen LogP contribution in [0.15, 0.2) is 18.2 Å². The molecule has 0 saturated heterocycles. The third-order valence-corrected chi connectivity index (χ3v) is 2.90. The molecular weight excluding hydrogens is 262 g/mol. The molecule has 0 atom stereocenters. The van der Waals surface area contributed by atoms with Crippen molar-refractivity contribution >= 4 is 7.32 Å². The van der Waals surface area contributed by atoms with E-state index < -0.39 is 13.1 Å². The monoisotopic (exact) mass is 284 g/mol. The van der Waals surface area contributed by atoms with Gasteiger partial charge in [-0.3, -0.25) is 0 Å². The number of hydrogen-bond acceptors (Lipinski definition) is 4. The van der Waals surface area contributed by atoms with Crippen LogP contribution in [0, 0.1) is 5.82 Å². The van der Waals surface area contributed by atoms with Crippen LogP contribution in [-0.4, -0.2) is 24.0 Å². The molecule has 0 heterocycles. The number of halogens is 1. The SMILES string of the molecule is CCCCCCCCOc1ccc(OB(O)O)c(F)c1. The molecule has 20 heavy (non-hydrogen) atoms. The number of ether oxygens (including phenoxy) is 1. The Kier molecular flexibility index (Phi) is 8.07. The Morgan fingerprint density at radius 1 is 1.10 bits per heavy atom.